The monoisotopic (exact) mass is 407 g/mol. The first-order valence-electron chi connectivity index (χ1n) is 8.74. The molecule has 30 heavy (non-hydrogen) atoms. The van der Waals surface area contributed by atoms with Gasteiger partial charge in [-0.2, -0.15) is 0 Å². The van der Waals surface area contributed by atoms with Gasteiger partial charge in [0.2, 0.25) is 5.78 Å². The summed E-state index contributed by atoms with van der Waals surface area (Å²) in [6.45, 7) is 0. The first-order valence-corrected chi connectivity index (χ1v) is 8.74. The lowest BCUT2D eigenvalue weighted by Gasteiger charge is -2.10. The number of carbonyl (C=O) groups is 2. The summed E-state index contributed by atoms with van der Waals surface area (Å²) in [5, 5.41) is 2.94. The fourth-order valence-corrected chi connectivity index (χ4v) is 2.90. The van der Waals surface area contributed by atoms with Crippen LogP contribution < -0.4 is 5.32 Å². The summed E-state index contributed by atoms with van der Waals surface area (Å²) >= 11 is 0. The van der Waals surface area contributed by atoms with E-state index in [0.717, 1.165) is 24.3 Å². The third kappa shape index (κ3) is 3.75. The molecule has 0 aliphatic carbocycles. The number of pyridine rings is 2. The maximum Gasteiger partial charge on any atom is 0.255 e. The SMILES string of the molecule is O=C(Nc1cc(F)c(F)c(C(=O)c2cc3cccnc3cn2)c1)c1cccc(F)c1. The Labute approximate surface area is 168 Å². The lowest BCUT2D eigenvalue weighted by atomic mass is 10.0. The van der Waals surface area contributed by atoms with Crippen LogP contribution in [0.5, 0.6) is 0 Å². The second-order valence-corrected chi connectivity index (χ2v) is 6.38. The van der Waals surface area contributed by atoms with Crippen molar-refractivity contribution < 1.29 is 22.8 Å². The van der Waals surface area contributed by atoms with E-state index in [0.29, 0.717) is 10.9 Å². The number of fused-ring (bicyclic) bond motifs is 1. The zero-order chi connectivity index (χ0) is 21.3. The molecular weight excluding hydrogens is 395 g/mol. The first-order chi connectivity index (χ1) is 14.4. The fourth-order valence-electron chi connectivity index (χ4n) is 2.90. The Morgan fingerprint density at radius 1 is 0.900 bits per heavy atom. The van der Waals surface area contributed by atoms with Crippen LogP contribution in [-0.4, -0.2) is 21.7 Å². The molecule has 4 rings (SSSR count). The number of benzene rings is 2. The summed E-state index contributed by atoms with van der Waals surface area (Å²) in [5.74, 6) is -4.91. The van der Waals surface area contributed by atoms with Gasteiger partial charge in [-0.05, 0) is 36.4 Å². The standard InChI is InChI=1S/C22H12F3N3O2/c23-14-5-1-3-13(7-14)22(30)28-15-9-16(20(25)17(24)10-15)21(29)18-8-12-4-2-6-26-19(12)11-27-18/h1-11H,(H,28,30). The Morgan fingerprint density at radius 3 is 2.53 bits per heavy atom. The van der Waals surface area contributed by atoms with Gasteiger partial charge in [0, 0.05) is 28.9 Å². The van der Waals surface area contributed by atoms with Crippen LogP contribution in [0, 0.1) is 17.5 Å². The number of nitrogens with one attached hydrogen (secondary N) is 1. The number of hydrogen-bond donors (Lipinski definition) is 1. The van der Waals surface area contributed by atoms with Gasteiger partial charge in [-0.25, -0.2) is 13.2 Å². The lowest BCUT2D eigenvalue weighted by molar-refractivity contribution is 0.101. The van der Waals surface area contributed by atoms with Crippen molar-refractivity contribution in [2.75, 3.05) is 5.32 Å². The maximum absolute atomic E-state index is 14.3. The van der Waals surface area contributed by atoms with E-state index in [1.807, 2.05) is 0 Å². The number of hydrogen-bond acceptors (Lipinski definition) is 4. The lowest BCUT2D eigenvalue weighted by Crippen LogP contribution is -2.14. The summed E-state index contributed by atoms with van der Waals surface area (Å²) in [6.07, 6.45) is 2.91. The van der Waals surface area contributed by atoms with Gasteiger partial charge in [-0.3, -0.25) is 19.6 Å². The highest BCUT2D eigenvalue weighted by atomic mass is 19.2. The minimum absolute atomic E-state index is 0.0173. The predicted molar refractivity (Wildman–Crippen MR) is 104 cm³/mol. The van der Waals surface area contributed by atoms with Crippen molar-refractivity contribution in [2.24, 2.45) is 0 Å². The molecule has 2 heterocycles. The topological polar surface area (TPSA) is 72.0 Å². The number of ketones is 1. The molecule has 0 saturated heterocycles. The highest BCUT2D eigenvalue weighted by Gasteiger charge is 2.21. The molecule has 0 spiro atoms. The number of anilines is 1. The van der Waals surface area contributed by atoms with E-state index in [9.17, 15) is 22.8 Å². The van der Waals surface area contributed by atoms with Crippen LogP contribution in [0.25, 0.3) is 10.9 Å². The molecule has 2 aromatic carbocycles. The van der Waals surface area contributed by atoms with Crippen LogP contribution in [0.3, 0.4) is 0 Å². The number of aromatic nitrogens is 2. The Bertz CT molecular complexity index is 1310. The maximum atomic E-state index is 14.3. The van der Waals surface area contributed by atoms with Crippen molar-refractivity contribution in [3.63, 3.8) is 0 Å². The summed E-state index contributed by atoms with van der Waals surface area (Å²) in [6, 6.07) is 11.4. The van der Waals surface area contributed by atoms with Gasteiger partial charge in [-0.1, -0.05) is 12.1 Å². The minimum Gasteiger partial charge on any atom is -0.322 e. The Hall–Kier alpha value is -4.07. The van der Waals surface area contributed by atoms with Crippen LogP contribution >= 0.6 is 0 Å². The molecule has 0 radical (unpaired) electrons. The fraction of sp³-hybridized carbons (Fsp3) is 0. The molecular formula is C22H12F3N3O2. The molecule has 0 unspecified atom stereocenters. The Balaban J connectivity index is 1.68. The van der Waals surface area contributed by atoms with Crippen molar-refractivity contribution in [3.8, 4) is 0 Å². The van der Waals surface area contributed by atoms with Crippen LogP contribution in [0.4, 0.5) is 18.9 Å². The van der Waals surface area contributed by atoms with Crippen LogP contribution in [0.2, 0.25) is 0 Å². The second kappa shape index (κ2) is 7.75. The molecule has 0 bridgehead atoms. The average molecular weight is 407 g/mol. The van der Waals surface area contributed by atoms with Crippen molar-refractivity contribution in [2.45, 2.75) is 0 Å². The third-order valence-corrected chi connectivity index (χ3v) is 4.34. The van der Waals surface area contributed by atoms with Crippen molar-refractivity contribution in [3.05, 3.63) is 101 Å². The normalized spacial score (nSPS) is 10.8. The second-order valence-electron chi connectivity index (χ2n) is 6.38. The number of carbonyl (C=O) groups excluding carboxylic acids is 2. The van der Waals surface area contributed by atoms with E-state index in [2.05, 4.69) is 15.3 Å². The molecule has 0 atom stereocenters. The summed E-state index contributed by atoms with van der Waals surface area (Å²) < 4.78 is 41.8. The van der Waals surface area contributed by atoms with E-state index in [1.165, 1.54) is 24.4 Å². The van der Waals surface area contributed by atoms with Gasteiger partial charge in [-0.15, -0.1) is 0 Å². The molecule has 5 nitrogen and oxygen atoms in total. The molecule has 4 aromatic rings. The first kappa shape index (κ1) is 19.3. The van der Waals surface area contributed by atoms with E-state index in [1.54, 1.807) is 18.3 Å². The number of halogens is 3. The minimum atomic E-state index is -1.36. The third-order valence-electron chi connectivity index (χ3n) is 4.34. The Kier molecular flexibility index (Phi) is 4.97. The van der Waals surface area contributed by atoms with Crippen molar-refractivity contribution >= 4 is 28.3 Å². The molecule has 0 aliphatic rings. The van der Waals surface area contributed by atoms with E-state index >= 15 is 0 Å². The molecule has 1 amide bonds. The molecule has 148 valence electrons. The van der Waals surface area contributed by atoms with Crippen molar-refractivity contribution in [1.82, 2.24) is 9.97 Å². The van der Waals surface area contributed by atoms with Gasteiger partial charge >= 0.3 is 0 Å². The molecule has 2 aromatic heterocycles. The van der Waals surface area contributed by atoms with Gasteiger partial charge in [0.05, 0.1) is 17.3 Å². The number of rotatable bonds is 4. The Morgan fingerprint density at radius 2 is 1.73 bits per heavy atom. The highest BCUT2D eigenvalue weighted by molar-refractivity contribution is 6.10. The number of nitrogens with zero attached hydrogens (tertiary/aromatic N) is 2. The van der Waals surface area contributed by atoms with E-state index in [-0.39, 0.29) is 16.9 Å². The highest BCUT2D eigenvalue weighted by Crippen LogP contribution is 2.23. The van der Waals surface area contributed by atoms with Crippen LogP contribution in [0.15, 0.2) is 67.0 Å². The van der Waals surface area contributed by atoms with Crippen LogP contribution in [-0.2, 0) is 0 Å². The smallest absolute Gasteiger partial charge is 0.255 e. The van der Waals surface area contributed by atoms with Crippen LogP contribution in [0.1, 0.15) is 26.4 Å². The predicted octanol–water partition coefficient (Wildman–Crippen LogP) is 4.53. The van der Waals surface area contributed by atoms with Crippen molar-refractivity contribution in [1.29, 1.82) is 0 Å². The van der Waals surface area contributed by atoms with Gasteiger partial charge in [0.15, 0.2) is 11.6 Å². The summed E-state index contributed by atoms with van der Waals surface area (Å²) in [7, 11) is 0. The summed E-state index contributed by atoms with van der Waals surface area (Å²) in [4.78, 5) is 33.1. The largest absolute Gasteiger partial charge is 0.322 e. The molecule has 0 saturated carbocycles. The molecule has 1 N–H and O–H groups in total. The quantitative estimate of drug-likeness (QED) is 0.505. The molecule has 0 fully saturated rings. The molecule has 8 heteroatoms. The molecule has 0 aliphatic heterocycles. The summed E-state index contributed by atoms with van der Waals surface area (Å²) in [5.41, 5.74) is -0.343. The van der Waals surface area contributed by atoms with E-state index < -0.39 is 34.7 Å². The van der Waals surface area contributed by atoms with Gasteiger partial charge in [0.25, 0.3) is 5.91 Å². The number of amides is 1. The zero-order valence-electron chi connectivity index (χ0n) is 15.2. The van der Waals surface area contributed by atoms with Gasteiger partial charge < -0.3 is 5.32 Å². The zero-order valence-corrected chi connectivity index (χ0v) is 15.2. The van der Waals surface area contributed by atoms with Gasteiger partial charge in [0.1, 0.15) is 11.5 Å². The average Bonchev–Trinajstić information content (AvgIpc) is 2.75. The van der Waals surface area contributed by atoms with E-state index in [4.69, 9.17) is 0 Å².